The second kappa shape index (κ2) is 4.38. The van der Waals surface area contributed by atoms with Crippen LogP contribution in [-0.4, -0.2) is 13.2 Å². The standard InChI is InChI=1S/C13H18BrNO/c1-9(15)13(5-6-13)8-10-3-4-12(16-2)11(14)7-10/h3-4,7,9H,5-6,8,15H2,1-2H3. The Hall–Kier alpha value is -0.540. The topological polar surface area (TPSA) is 35.2 Å². The first-order chi connectivity index (χ1) is 7.57. The van der Waals surface area contributed by atoms with Crippen molar-refractivity contribution in [2.75, 3.05) is 7.11 Å². The van der Waals surface area contributed by atoms with Gasteiger partial charge in [-0.25, -0.2) is 0 Å². The molecule has 0 spiro atoms. The van der Waals surface area contributed by atoms with Gasteiger partial charge in [0.05, 0.1) is 11.6 Å². The highest BCUT2D eigenvalue weighted by molar-refractivity contribution is 9.10. The smallest absolute Gasteiger partial charge is 0.133 e. The summed E-state index contributed by atoms with van der Waals surface area (Å²) < 4.78 is 6.24. The van der Waals surface area contributed by atoms with Crippen LogP contribution in [0.3, 0.4) is 0 Å². The van der Waals surface area contributed by atoms with E-state index < -0.39 is 0 Å². The minimum atomic E-state index is 0.286. The zero-order chi connectivity index (χ0) is 11.8. The number of methoxy groups -OCH3 is 1. The number of rotatable bonds is 4. The van der Waals surface area contributed by atoms with E-state index in [0.717, 1.165) is 16.6 Å². The molecular weight excluding hydrogens is 266 g/mol. The van der Waals surface area contributed by atoms with Crippen LogP contribution in [0.15, 0.2) is 22.7 Å². The van der Waals surface area contributed by atoms with Crippen LogP contribution < -0.4 is 10.5 Å². The lowest BCUT2D eigenvalue weighted by molar-refractivity contribution is 0.408. The van der Waals surface area contributed by atoms with E-state index in [1.54, 1.807) is 7.11 Å². The molecule has 2 rings (SSSR count). The lowest BCUT2D eigenvalue weighted by atomic mass is 9.90. The van der Waals surface area contributed by atoms with Crippen LogP contribution in [0, 0.1) is 5.41 Å². The molecule has 0 amide bonds. The van der Waals surface area contributed by atoms with E-state index in [0.29, 0.717) is 5.41 Å². The minimum absolute atomic E-state index is 0.286. The molecule has 1 aromatic rings. The van der Waals surface area contributed by atoms with Crippen LogP contribution in [0.25, 0.3) is 0 Å². The zero-order valence-electron chi connectivity index (χ0n) is 9.79. The molecule has 1 fully saturated rings. The van der Waals surface area contributed by atoms with Crippen molar-refractivity contribution in [3.05, 3.63) is 28.2 Å². The number of benzene rings is 1. The molecule has 0 aliphatic heterocycles. The van der Waals surface area contributed by atoms with Gasteiger partial charge in [0.2, 0.25) is 0 Å². The molecule has 2 nitrogen and oxygen atoms in total. The van der Waals surface area contributed by atoms with Gasteiger partial charge in [-0.1, -0.05) is 6.07 Å². The van der Waals surface area contributed by atoms with Crippen molar-refractivity contribution in [3.63, 3.8) is 0 Å². The highest BCUT2D eigenvalue weighted by atomic mass is 79.9. The Bertz CT molecular complexity index is 386. The van der Waals surface area contributed by atoms with E-state index in [2.05, 4.69) is 35.0 Å². The second-order valence-corrected chi connectivity index (χ2v) is 5.65. The van der Waals surface area contributed by atoms with Crippen molar-refractivity contribution >= 4 is 15.9 Å². The fourth-order valence-electron chi connectivity index (χ4n) is 2.18. The predicted octanol–water partition coefficient (Wildman–Crippen LogP) is 3.13. The quantitative estimate of drug-likeness (QED) is 0.922. The van der Waals surface area contributed by atoms with Gasteiger partial charge in [0.1, 0.15) is 5.75 Å². The van der Waals surface area contributed by atoms with Gasteiger partial charge in [0, 0.05) is 6.04 Å². The van der Waals surface area contributed by atoms with Crippen LogP contribution >= 0.6 is 15.9 Å². The van der Waals surface area contributed by atoms with Gasteiger partial charge in [-0.3, -0.25) is 0 Å². The molecule has 1 unspecified atom stereocenters. The summed E-state index contributed by atoms with van der Waals surface area (Å²) in [5.74, 6) is 0.884. The Kier molecular flexibility index (Phi) is 3.27. The van der Waals surface area contributed by atoms with Crippen LogP contribution in [0.4, 0.5) is 0 Å². The molecule has 1 aliphatic carbocycles. The minimum Gasteiger partial charge on any atom is -0.496 e. The SMILES string of the molecule is COc1ccc(CC2(C(C)N)CC2)cc1Br. The number of ether oxygens (including phenoxy) is 1. The summed E-state index contributed by atoms with van der Waals surface area (Å²) in [4.78, 5) is 0. The fourth-order valence-corrected chi connectivity index (χ4v) is 2.77. The molecule has 3 heteroatoms. The van der Waals surface area contributed by atoms with Crippen LogP contribution in [0.1, 0.15) is 25.3 Å². The number of halogens is 1. The first-order valence-corrected chi connectivity index (χ1v) is 6.45. The third-order valence-electron chi connectivity index (χ3n) is 3.63. The monoisotopic (exact) mass is 283 g/mol. The van der Waals surface area contributed by atoms with Crippen LogP contribution in [0.2, 0.25) is 0 Å². The first kappa shape index (κ1) is 11.9. The molecule has 0 heterocycles. The maximum absolute atomic E-state index is 6.04. The third kappa shape index (κ3) is 2.25. The van der Waals surface area contributed by atoms with Crippen molar-refractivity contribution in [1.29, 1.82) is 0 Å². The van der Waals surface area contributed by atoms with Crippen molar-refractivity contribution in [2.45, 2.75) is 32.2 Å². The molecule has 0 bridgehead atoms. The lowest BCUT2D eigenvalue weighted by Gasteiger charge is -2.19. The Morgan fingerprint density at radius 3 is 2.62 bits per heavy atom. The van der Waals surface area contributed by atoms with E-state index in [1.807, 2.05) is 6.07 Å². The predicted molar refractivity (Wildman–Crippen MR) is 69.7 cm³/mol. The van der Waals surface area contributed by atoms with Gasteiger partial charge in [-0.2, -0.15) is 0 Å². The summed E-state index contributed by atoms with van der Waals surface area (Å²) >= 11 is 3.52. The summed E-state index contributed by atoms with van der Waals surface area (Å²) in [5, 5.41) is 0. The lowest BCUT2D eigenvalue weighted by Crippen LogP contribution is -2.29. The van der Waals surface area contributed by atoms with Gasteiger partial charge in [0.25, 0.3) is 0 Å². The van der Waals surface area contributed by atoms with Gasteiger partial charge in [0.15, 0.2) is 0 Å². The highest BCUT2D eigenvalue weighted by Gasteiger charge is 2.45. The summed E-state index contributed by atoms with van der Waals surface area (Å²) in [6.07, 6.45) is 3.59. The van der Waals surface area contributed by atoms with Crippen molar-refractivity contribution in [3.8, 4) is 5.75 Å². The van der Waals surface area contributed by atoms with E-state index in [1.165, 1.54) is 18.4 Å². The van der Waals surface area contributed by atoms with E-state index in [-0.39, 0.29) is 6.04 Å². The molecule has 0 radical (unpaired) electrons. The Morgan fingerprint density at radius 1 is 1.50 bits per heavy atom. The highest BCUT2D eigenvalue weighted by Crippen LogP contribution is 2.50. The largest absolute Gasteiger partial charge is 0.496 e. The summed E-state index contributed by atoms with van der Waals surface area (Å²) in [6, 6.07) is 6.57. The average Bonchev–Trinajstić information content (AvgIpc) is 2.99. The van der Waals surface area contributed by atoms with Crippen molar-refractivity contribution in [2.24, 2.45) is 11.1 Å². The molecule has 2 N–H and O–H groups in total. The van der Waals surface area contributed by atoms with Gasteiger partial charge in [-0.15, -0.1) is 0 Å². The molecule has 16 heavy (non-hydrogen) atoms. The van der Waals surface area contributed by atoms with Gasteiger partial charge >= 0.3 is 0 Å². The van der Waals surface area contributed by atoms with Crippen molar-refractivity contribution in [1.82, 2.24) is 0 Å². The number of hydrogen-bond donors (Lipinski definition) is 1. The normalized spacial score (nSPS) is 19.2. The van der Waals surface area contributed by atoms with E-state index in [4.69, 9.17) is 10.5 Å². The zero-order valence-corrected chi connectivity index (χ0v) is 11.4. The number of hydrogen-bond acceptors (Lipinski definition) is 2. The maximum Gasteiger partial charge on any atom is 0.133 e. The van der Waals surface area contributed by atoms with Crippen molar-refractivity contribution < 1.29 is 4.74 Å². The van der Waals surface area contributed by atoms with Gasteiger partial charge in [-0.05, 0) is 65.2 Å². The summed E-state index contributed by atoms with van der Waals surface area (Å²) in [6.45, 7) is 2.12. The first-order valence-electron chi connectivity index (χ1n) is 5.65. The maximum atomic E-state index is 6.04. The van der Waals surface area contributed by atoms with Crippen LogP contribution in [0.5, 0.6) is 5.75 Å². The molecule has 1 aliphatic rings. The molecular formula is C13H18BrNO. The fraction of sp³-hybridized carbons (Fsp3) is 0.538. The Morgan fingerprint density at radius 2 is 2.19 bits per heavy atom. The van der Waals surface area contributed by atoms with E-state index >= 15 is 0 Å². The third-order valence-corrected chi connectivity index (χ3v) is 4.25. The molecule has 0 aromatic heterocycles. The van der Waals surface area contributed by atoms with Crippen LogP contribution in [-0.2, 0) is 6.42 Å². The summed E-state index contributed by atoms with van der Waals surface area (Å²) in [5.41, 5.74) is 7.73. The molecule has 1 atom stereocenters. The Balaban J connectivity index is 2.14. The second-order valence-electron chi connectivity index (χ2n) is 4.80. The molecule has 1 aromatic carbocycles. The van der Waals surface area contributed by atoms with Gasteiger partial charge < -0.3 is 10.5 Å². The molecule has 0 saturated heterocycles. The Labute approximate surface area is 105 Å². The molecule has 88 valence electrons. The van der Waals surface area contributed by atoms with E-state index in [9.17, 15) is 0 Å². The molecule has 1 saturated carbocycles. The summed E-state index contributed by atoms with van der Waals surface area (Å²) in [7, 11) is 1.68. The average molecular weight is 284 g/mol. The number of nitrogens with two attached hydrogens (primary N) is 1.